The molecular weight excluding hydrogens is 246 g/mol. The van der Waals surface area contributed by atoms with Crippen molar-refractivity contribution in [2.75, 3.05) is 14.2 Å². The van der Waals surface area contributed by atoms with Crippen LogP contribution in [0.25, 0.3) is 11.1 Å². The van der Waals surface area contributed by atoms with Crippen LogP contribution in [-0.4, -0.2) is 20.2 Å². The van der Waals surface area contributed by atoms with E-state index in [0.29, 0.717) is 6.04 Å². The van der Waals surface area contributed by atoms with E-state index in [1.165, 1.54) is 16.7 Å². The second kappa shape index (κ2) is 7.11. The van der Waals surface area contributed by atoms with E-state index in [-0.39, 0.29) is 0 Å². The second-order valence-corrected chi connectivity index (χ2v) is 5.16. The van der Waals surface area contributed by atoms with Gasteiger partial charge in [-0.05, 0) is 55.6 Å². The standard InChI is InChI=1S/C18H23NO/c1-14(19-2)7-8-15-9-11-16(12-10-15)17-5-4-6-18(13-17)20-3/h4-6,9-14,19H,7-8H2,1-3H3. The maximum Gasteiger partial charge on any atom is 0.119 e. The van der Waals surface area contributed by atoms with E-state index in [2.05, 4.69) is 48.6 Å². The fraction of sp³-hybridized carbons (Fsp3) is 0.333. The molecule has 2 nitrogen and oxygen atoms in total. The molecule has 106 valence electrons. The van der Waals surface area contributed by atoms with Gasteiger partial charge in [0.1, 0.15) is 5.75 Å². The molecule has 0 fully saturated rings. The zero-order valence-electron chi connectivity index (χ0n) is 12.5. The molecule has 2 aromatic carbocycles. The molecule has 20 heavy (non-hydrogen) atoms. The molecule has 1 N–H and O–H groups in total. The van der Waals surface area contributed by atoms with Crippen molar-refractivity contribution in [3.63, 3.8) is 0 Å². The van der Waals surface area contributed by atoms with Gasteiger partial charge in [0.25, 0.3) is 0 Å². The molecule has 0 radical (unpaired) electrons. The third-order valence-electron chi connectivity index (χ3n) is 3.72. The van der Waals surface area contributed by atoms with E-state index < -0.39 is 0 Å². The van der Waals surface area contributed by atoms with E-state index in [1.54, 1.807) is 7.11 Å². The normalized spacial score (nSPS) is 12.2. The lowest BCUT2D eigenvalue weighted by atomic mass is 10.0. The molecule has 0 aliphatic rings. The average Bonchev–Trinajstić information content (AvgIpc) is 2.53. The quantitative estimate of drug-likeness (QED) is 0.858. The number of rotatable bonds is 6. The molecule has 0 aliphatic heterocycles. The van der Waals surface area contributed by atoms with Gasteiger partial charge in [-0.1, -0.05) is 36.4 Å². The van der Waals surface area contributed by atoms with Gasteiger partial charge in [-0.25, -0.2) is 0 Å². The summed E-state index contributed by atoms with van der Waals surface area (Å²) < 4.78 is 5.27. The molecule has 2 heteroatoms. The highest BCUT2D eigenvalue weighted by atomic mass is 16.5. The van der Waals surface area contributed by atoms with E-state index >= 15 is 0 Å². The van der Waals surface area contributed by atoms with Gasteiger partial charge in [-0.2, -0.15) is 0 Å². The minimum Gasteiger partial charge on any atom is -0.497 e. The Morgan fingerprint density at radius 3 is 2.45 bits per heavy atom. The highest BCUT2D eigenvalue weighted by molar-refractivity contribution is 5.65. The smallest absolute Gasteiger partial charge is 0.119 e. The first kappa shape index (κ1) is 14.6. The lowest BCUT2D eigenvalue weighted by molar-refractivity contribution is 0.415. The lowest BCUT2D eigenvalue weighted by Crippen LogP contribution is -2.21. The summed E-state index contributed by atoms with van der Waals surface area (Å²) in [6.07, 6.45) is 2.27. The first-order chi connectivity index (χ1) is 9.72. The molecular formula is C18H23NO. The van der Waals surface area contributed by atoms with Gasteiger partial charge in [-0.15, -0.1) is 0 Å². The second-order valence-electron chi connectivity index (χ2n) is 5.16. The van der Waals surface area contributed by atoms with Crippen LogP contribution in [0.15, 0.2) is 48.5 Å². The third kappa shape index (κ3) is 3.84. The van der Waals surface area contributed by atoms with Crippen LogP contribution in [0.1, 0.15) is 18.9 Å². The molecule has 0 saturated heterocycles. The fourth-order valence-electron chi connectivity index (χ4n) is 2.19. The number of ether oxygens (including phenoxy) is 1. The van der Waals surface area contributed by atoms with Gasteiger partial charge < -0.3 is 10.1 Å². The molecule has 2 rings (SSSR count). The summed E-state index contributed by atoms with van der Waals surface area (Å²) in [5.41, 5.74) is 3.81. The Balaban J connectivity index is 2.07. The highest BCUT2D eigenvalue weighted by Crippen LogP contribution is 2.24. The number of nitrogens with one attached hydrogen (secondary N) is 1. The van der Waals surface area contributed by atoms with Crippen molar-refractivity contribution < 1.29 is 4.74 Å². The number of hydrogen-bond donors (Lipinski definition) is 1. The largest absolute Gasteiger partial charge is 0.497 e. The van der Waals surface area contributed by atoms with Crippen molar-refractivity contribution >= 4 is 0 Å². The van der Waals surface area contributed by atoms with Crippen molar-refractivity contribution in [2.45, 2.75) is 25.8 Å². The van der Waals surface area contributed by atoms with Crippen LogP contribution in [0, 0.1) is 0 Å². The van der Waals surface area contributed by atoms with Gasteiger partial charge >= 0.3 is 0 Å². The molecule has 0 saturated carbocycles. The van der Waals surface area contributed by atoms with Crippen LogP contribution in [0.4, 0.5) is 0 Å². The minimum atomic E-state index is 0.563. The molecule has 0 heterocycles. The molecule has 1 unspecified atom stereocenters. The van der Waals surface area contributed by atoms with E-state index in [1.807, 2.05) is 19.2 Å². The average molecular weight is 269 g/mol. The molecule has 2 aromatic rings. The van der Waals surface area contributed by atoms with Crippen LogP contribution < -0.4 is 10.1 Å². The van der Waals surface area contributed by atoms with Crippen molar-refractivity contribution in [2.24, 2.45) is 0 Å². The van der Waals surface area contributed by atoms with Crippen LogP contribution in [-0.2, 0) is 6.42 Å². The maximum absolute atomic E-state index is 5.27. The van der Waals surface area contributed by atoms with Crippen molar-refractivity contribution in [1.82, 2.24) is 5.32 Å². The van der Waals surface area contributed by atoms with Crippen molar-refractivity contribution in [1.29, 1.82) is 0 Å². The predicted octanol–water partition coefficient (Wildman–Crippen LogP) is 3.90. The number of methoxy groups -OCH3 is 1. The van der Waals surface area contributed by atoms with Gasteiger partial charge in [0.15, 0.2) is 0 Å². The fourth-order valence-corrected chi connectivity index (χ4v) is 2.19. The minimum absolute atomic E-state index is 0.563. The van der Waals surface area contributed by atoms with Gasteiger partial charge in [0, 0.05) is 6.04 Å². The van der Waals surface area contributed by atoms with E-state index in [9.17, 15) is 0 Å². The highest BCUT2D eigenvalue weighted by Gasteiger charge is 2.02. The first-order valence-electron chi connectivity index (χ1n) is 7.13. The van der Waals surface area contributed by atoms with Crippen LogP contribution >= 0.6 is 0 Å². The zero-order chi connectivity index (χ0) is 14.4. The summed E-state index contributed by atoms with van der Waals surface area (Å²) in [7, 11) is 3.71. The number of hydrogen-bond acceptors (Lipinski definition) is 2. The Labute approximate surface area is 121 Å². The van der Waals surface area contributed by atoms with Crippen molar-refractivity contribution in [3.05, 3.63) is 54.1 Å². The number of benzene rings is 2. The molecule has 0 bridgehead atoms. The molecule has 0 aromatic heterocycles. The van der Waals surface area contributed by atoms with Crippen molar-refractivity contribution in [3.8, 4) is 16.9 Å². The Morgan fingerprint density at radius 1 is 1.05 bits per heavy atom. The van der Waals surface area contributed by atoms with Gasteiger partial charge in [0.2, 0.25) is 0 Å². The summed E-state index contributed by atoms with van der Waals surface area (Å²) in [6, 6.07) is 17.6. The third-order valence-corrected chi connectivity index (χ3v) is 3.72. The SMILES string of the molecule is CNC(C)CCc1ccc(-c2cccc(OC)c2)cc1. The molecule has 0 amide bonds. The summed E-state index contributed by atoms with van der Waals surface area (Å²) in [6.45, 7) is 2.21. The van der Waals surface area contributed by atoms with Gasteiger partial charge in [0.05, 0.1) is 7.11 Å². The van der Waals surface area contributed by atoms with Crippen LogP contribution in [0.3, 0.4) is 0 Å². The zero-order valence-corrected chi connectivity index (χ0v) is 12.5. The summed E-state index contributed by atoms with van der Waals surface area (Å²) in [5.74, 6) is 0.898. The monoisotopic (exact) mass is 269 g/mol. The summed E-state index contributed by atoms with van der Waals surface area (Å²) >= 11 is 0. The molecule has 1 atom stereocenters. The molecule has 0 aliphatic carbocycles. The molecule has 0 spiro atoms. The van der Waals surface area contributed by atoms with Crippen LogP contribution in [0.5, 0.6) is 5.75 Å². The Bertz CT molecular complexity index is 533. The Kier molecular flexibility index (Phi) is 5.19. The lowest BCUT2D eigenvalue weighted by Gasteiger charge is -2.10. The predicted molar refractivity (Wildman–Crippen MR) is 85.3 cm³/mol. The van der Waals surface area contributed by atoms with E-state index in [4.69, 9.17) is 4.74 Å². The Hall–Kier alpha value is -1.80. The van der Waals surface area contributed by atoms with E-state index in [0.717, 1.165) is 18.6 Å². The Morgan fingerprint density at radius 2 is 1.80 bits per heavy atom. The summed E-state index contributed by atoms with van der Waals surface area (Å²) in [5, 5.41) is 3.27. The first-order valence-corrected chi connectivity index (χ1v) is 7.13. The topological polar surface area (TPSA) is 21.3 Å². The van der Waals surface area contributed by atoms with Crippen LogP contribution in [0.2, 0.25) is 0 Å². The van der Waals surface area contributed by atoms with Gasteiger partial charge in [-0.3, -0.25) is 0 Å². The summed E-state index contributed by atoms with van der Waals surface area (Å²) in [4.78, 5) is 0. The number of aryl methyl sites for hydroxylation is 1. The maximum atomic E-state index is 5.27.